The van der Waals surface area contributed by atoms with E-state index < -0.39 is 0 Å². The molecule has 0 aromatic rings. The lowest BCUT2D eigenvalue weighted by atomic mass is 10.0. The first-order valence-electron chi connectivity index (χ1n) is 7.28. The van der Waals surface area contributed by atoms with E-state index in [1.807, 2.05) is 0 Å². The van der Waals surface area contributed by atoms with E-state index >= 15 is 0 Å². The molecule has 0 aromatic carbocycles. The van der Waals surface area contributed by atoms with Crippen LogP contribution in [-0.4, -0.2) is 29.6 Å². The van der Waals surface area contributed by atoms with Gasteiger partial charge in [-0.3, -0.25) is 9.59 Å². The van der Waals surface area contributed by atoms with Crippen LogP contribution in [0.25, 0.3) is 0 Å². The summed E-state index contributed by atoms with van der Waals surface area (Å²) in [5, 5.41) is 8.59. The highest BCUT2D eigenvalue weighted by molar-refractivity contribution is 5.79. The number of ketones is 2. The Morgan fingerprint density at radius 1 is 0.737 bits per heavy atom. The van der Waals surface area contributed by atoms with E-state index in [2.05, 4.69) is 0 Å². The second-order valence-corrected chi connectivity index (χ2v) is 4.88. The Labute approximate surface area is 115 Å². The molecule has 0 atom stereocenters. The largest absolute Gasteiger partial charge is 0.396 e. The van der Waals surface area contributed by atoms with Gasteiger partial charge in [0, 0.05) is 38.7 Å². The summed E-state index contributed by atoms with van der Waals surface area (Å²) < 4.78 is 0. The molecule has 0 aromatic heterocycles. The minimum atomic E-state index is 0.145. The molecule has 0 rings (SSSR count). The zero-order chi connectivity index (χ0) is 14.3. The second kappa shape index (κ2) is 13.4. The first kappa shape index (κ1) is 18.0. The van der Waals surface area contributed by atoms with E-state index in [-0.39, 0.29) is 18.2 Å². The summed E-state index contributed by atoms with van der Waals surface area (Å²) in [4.78, 5) is 33.0. The minimum absolute atomic E-state index is 0.145. The molecular weight excluding hydrogens is 244 g/mol. The zero-order valence-electron chi connectivity index (χ0n) is 11.7. The van der Waals surface area contributed by atoms with E-state index in [4.69, 9.17) is 5.11 Å². The lowest BCUT2D eigenvalue weighted by Crippen LogP contribution is -2.01. The summed E-state index contributed by atoms with van der Waals surface area (Å²) in [6.07, 6.45) is 8.18. The number of Topliss-reactive ketones (excluding diaryl/α,β-unsaturated/α-hetero) is 2. The Morgan fingerprint density at radius 2 is 1.16 bits per heavy atom. The van der Waals surface area contributed by atoms with Crippen LogP contribution in [0.2, 0.25) is 0 Å². The number of aldehydes is 1. The van der Waals surface area contributed by atoms with Gasteiger partial charge in [-0.2, -0.15) is 0 Å². The molecule has 0 aliphatic heterocycles. The molecule has 0 spiro atoms. The summed E-state index contributed by atoms with van der Waals surface area (Å²) in [6.45, 7) is 0.145. The number of aliphatic hydroxyl groups is 1. The van der Waals surface area contributed by atoms with Crippen molar-refractivity contribution >= 4 is 17.9 Å². The Morgan fingerprint density at radius 3 is 1.58 bits per heavy atom. The molecule has 0 amide bonds. The van der Waals surface area contributed by atoms with Crippen LogP contribution in [0.5, 0.6) is 0 Å². The van der Waals surface area contributed by atoms with E-state index in [0.29, 0.717) is 38.5 Å². The highest BCUT2D eigenvalue weighted by Gasteiger charge is 2.04. The van der Waals surface area contributed by atoms with Crippen molar-refractivity contribution in [3.05, 3.63) is 0 Å². The topological polar surface area (TPSA) is 71.4 Å². The van der Waals surface area contributed by atoms with Crippen LogP contribution in [0.4, 0.5) is 0 Å². The van der Waals surface area contributed by atoms with Crippen LogP contribution >= 0.6 is 0 Å². The number of unbranched alkanes of at least 4 members (excludes halogenated alkanes) is 4. The van der Waals surface area contributed by atoms with Gasteiger partial charge in [0.05, 0.1) is 0 Å². The summed E-state index contributed by atoms with van der Waals surface area (Å²) in [5.74, 6) is 0.463. The smallest absolute Gasteiger partial charge is 0.132 e. The number of hydrogen-bond acceptors (Lipinski definition) is 4. The molecule has 110 valence electrons. The van der Waals surface area contributed by atoms with Crippen LogP contribution in [0.3, 0.4) is 0 Å². The molecule has 4 heteroatoms. The van der Waals surface area contributed by atoms with Gasteiger partial charge in [0.1, 0.15) is 17.9 Å². The SMILES string of the molecule is O=CCCCCC(=O)CCCCC(=O)CCCCO. The maximum atomic E-state index is 11.5. The number of aliphatic hydroxyl groups excluding tert-OH is 1. The number of carbonyl (C=O) groups excluding carboxylic acids is 3. The molecule has 0 aliphatic carbocycles. The van der Waals surface area contributed by atoms with E-state index in [1.165, 1.54) is 0 Å². The van der Waals surface area contributed by atoms with Gasteiger partial charge >= 0.3 is 0 Å². The van der Waals surface area contributed by atoms with Crippen molar-refractivity contribution in [3.63, 3.8) is 0 Å². The highest BCUT2D eigenvalue weighted by atomic mass is 16.3. The molecule has 1 N–H and O–H groups in total. The van der Waals surface area contributed by atoms with Crippen LogP contribution < -0.4 is 0 Å². The van der Waals surface area contributed by atoms with Crippen molar-refractivity contribution < 1.29 is 19.5 Å². The van der Waals surface area contributed by atoms with Gasteiger partial charge in [-0.1, -0.05) is 0 Å². The number of rotatable bonds is 14. The normalized spacial score (nSPS) is 10.4. The molecule has 0 heterocycles. The Balaban J connectivity index is 3.34. The van der Waals surface area contributed by atoms with Gasteiger partial charge in [-0.25, -0.2) is 0 Å². The van der Waals surface area contributed by atoms with Crippen molar-refractivity contribution in [2.75, 3.05) is 6.61 Å². The fourth-order valence-electron chi connectivity index (χ4n) is 1.88. The highest BCUT2D eigenvalue weighted by Crippen LogP contribution is 2.08. The van der Waals surface area contributed by atoms with E-state index in [9.17, 15) is 14.4 Å². The third-order valence-electron chi connectivity index (χ3n) is 3.05. The third-order valence-corrected chi connectivity index (χ3v) is 3.05. The minimum Gasteiger partial charge on any atom is -0.396 e. The average molecular weight is 270 g/mol. The molecule has 0 fully saturated rings. The maximum Gasteiger partial charge on any atom is 0.132 e. The fraction of sp³-hybridized carbons (Fsp3) is 0.800. The number of hydrogen-bond donors (Lipinski definition) is 1. The van der Waals surface area contributed by atoms with Crippen LogP contribution in [0.1, 0.15) is 70.6 Å². The molecule has 0 saturated heterocycles. The first-order chi connectivity index (χ1) is 9.20. The van der Waals surface area contributed by atoms with Gasteiger partial charge in [0.2, 0.25) is 0 Å². The number of carbonyl (C=O) groups is 3. The third kappa shape index (κ3) is 13.2. The predicted molar refractivity (Wildman–Crippen MR) is 74.0 cm³/mol. The monoisotopic (exact) mass is 270 g/mol. The summed E-state index contributed by atoms with van der Waals surface area (Å²) in [7, 11) is 0. The maximum absolute atomic E-state index is 11.5. The van der Waals surface area contributed by atoms with Crippen molar-refractivity contribution in [1.82, 2.24) is 0 Å². The summed E-state index contributed by atoms with van der Waals surface area (Å²) in [6, 6.07) is 0. The van der Waals surface area contributed by atoms with Gasteiger partial charge in [0.25, 0.3) is 0 Å². The van der Waals surface area contributed by atoms with E-state index in [1.54, 1.807) is 0 Å². The molecular formula is C15H26O4. The first-order valence-corrected chi connectivity index (χ1v) is 7.28. The van der Waals surface area contributed by atoms with Gasteiger partial charge in [0.15, 0.2) is 0 Å². The van der Waals surface area contributed by atoms with Crippen molar-refractivity contribution in [3.8, 4) is 0 Å². The van der Waals surface area contributed by atoms with Gasteiger partial charge < -0.3 is 9.90 Å². The predicted octanol–water partition coefficient (Wildman–Crippen LogP) is 2.61. The molecule has 0 radical (unpaired) electrons. The Hall–Kier alpha value is -1.03. The average Bonchev–Trinajstić information content (AvgIpc) is 2.40. The Kier molecular flexibility index (Phi) is 12.7. The van der Waals surface area contributed by atoms with Crippen LogP contribution in [0, 0.1) is 0 Å². The molecule has 4 nitrogen and oxygen atoms in total. The molecule has 19 heavy (non-hydrogen) atoms. The molecule has 0 unspecified atom stereocenters. The summed E-state index contributed by atoms with van der Waals surface area (Å²) in [5.41, 5.74) is 0. The van der Waals surface area contributed by atoms with E-state index in [0.717, 1.165) is 38.4 Å². The van der Waals surface area contributed by atoms with Gasteiger partial charge in [-0.15, -0.1) is 0 Å². The van der Waals surface area contributed by atoms with Crippen molar-refractivity contribution in [1.29, 1.82) is 0 Å². The zero-order valence-corrected chi connectivity index (χ0v) is 11.7. The molecule has 0 aliphatic rings. The lowest BCUT2D eigenvalue weighted by molar-refractivity contribution is -0.121. The quantitative estimate of drug-likeness (QED) is 0.389. The van der Waals surface area contributed by atoms with Crippen molar-refractivity contribution in [2.24, 2.45) is 0 Å². The Bertz CT molecular complexity index is 261. The van der Waals surface area contributed by atoms with Crippen LogP contribution in [-0.2, 0) is 14.4 Å². The fourth-order valence-corrected chi connectivity index (χ4v) is 1.88. The van der Waals surface area contributed by atoms with Crippen molar-refractivity contribution in [2.45, 2.75) is 70.6 Å². The second-order valence-electron chi connectivity index (χ2n) is 4.88. The van der Waals surface area contributed by atoms with Crippen LogP contribution in [0.15, 0.2) is 0 Å². The summed E-state index contributed by atoms with van der Waals surface area (Å²) >= 11 is 0. The lowest BCUT2D eigenvalue weighted by Gasteiger charge is -2.01. The standard InChI is InChI=1S/C15H26O4/c16-12-6-1-2-8-14(18)9-3-4-10-15(19)11-5-7-13-17/h12,17H,1-11,13H2. The molecule has 0 saturated carbocycles. The van der Waals surface area contributed by atoms with Gasteiger partial charge in [-0.05, 0) is 38.5 Å². The molecule has 0 bridgehead atoms.